The smallest absolute Gasteiger partial charge is 0.227 e. The normalized spacial score (nSPS) is 11.3. The molecule has 1 aromatic heterocycles. The molecule has 0 saturated heterocycles. The number of amides is 1. The van der Waals surface area contributed by atoms with Crippen LogP contribution in [0.3, 0.4) is 0 Å². The van der Waals surface area contributed by atoms with Crippen molar-refractivity contribution >= 4 is 43.8 Å². The Morgan fingerprint density at radius 1 is 1.08 bits per heavy atom. The molecular weight excluding hydrogens is 392 g/mol. The predicted molar refractivity (Wildman–Crippen MR) is 104 cm³/mol. The molecular formula is C18H15ClN2O3S2. The molecule has 0 unspecified atom stereocenters. The lowest BCUT2D eigenvalue weighted by Gasteiger charge is -2.04. The fraction of sp³-hybridized carbons (Fsp3) is 0.111. The molecule has 134 valence electrons. The molecule has 0 aliphatic heterocycles. The molecule has 0 radical (unpaired) electrons. The summed E-state index contributed by atoms with van der Waals surface area (Å²) in [5.41, 5.74) is 1.61. The highest BCUT2D eigenvalue weighted by Gasteiger charge is 2.17. The Labute approximate surface area is 160 Å². The van der Waals surface area contributed by atoms with Gasteiger partial charge in [0.25, 0.3) is 0 Å². The first kappa shape index (κ1) is 18.6. The van der Waals surface area contributed by atoms with Gasteiger partial charge in [0.15, 0.2) is 15.0 Å². The molecule has 1 heterocycles. The van der Waals surface area contributed by atoms with E-state index in [1.54, 1.807) is 30.3 Å². The molecule has 1 N–H and O–H groups in total. The van der Waals surface area contributed by atoms with Gasteiger partial charge in [-0.2, -0.15) is 0 Å². The van der Waals surface area contributed by atoms with Crippen molar-refractivity contribution < 1.29 is 13.2 Å². The monoisotopic (exact) mass is 406 g/mol. The average Bonchev–Trinajstić information content (AvgIpc) is 3.10. The molecule has 0 fully saturated rings. The minimum atomic E-state index is -3.48. The fourth-order valence-electron chi connectivity index (χ4n) is 2.24. The van der Waals surface area contributed by atoms with Crippen molar-refractivity contribution in [2.24, 2.45) is 0 Å². The van der Waals surface area contributed by atoms with Gasteiger partial charge in [-0.05, 0) is 24.3 Å². The average molecular weight is 407 g/mol. The molecule has 0 spiro atoms. The number of carbonyl (C=O) groups is 1. The second kappa shape index (κ2) is 7.99. The number of rotatable bonds is 6. The molecule has 5 nitrogen and oxygen atoms in total. The van der Waals surface area contributed by atoms with E-state index in [1.807, 2.05) is 17.5 Å². The maximum atomic E-state index is 12.2. The third-order valence-electron chi connectivity index (χ3n) is 3.59. The molecule has 3 aromatic rings. The maximum absolute atomic E-state index is 12.2. The number of halogens is 1. The highest BCUT2D eigenvalue weighted by molar-refractivity contribution is 7.91. The quantitative estimate of drug-likeness (QED) is 0.663. The van der Waals surface area contributed by atoms with Crippen LogP contribution in [0.5, 0.6) is 0 Å². The number of thiazole rings is 1. The Hall–Kier alpha value is -2.22. The lowest BCUT2D eigenvalue weighted by molar-refractivity contribution is -0.115. The Bertz CT molecular complexity index is 1000. The van der Waals surface area contributed by atoms with Gasteiger partial charge in [-0.3, -0.25) is 4.79 Å². The Morgan fingerprint density at radius 3 is 2.46 bits per heavy atom. The minimum absolute atomic E-state index is 0.132. The van der Waals surface area contributed by atoms with E-state index in [-0.39, 0.29) is 23.0 Å². The summed E-state index contributed by atoms with van der Waals surface area (Å²) in [5.74, 6) is -0.639. The van der Waals surface area contributed by atoms with Crippen molar-refractivity contribution in [1.29, 1.82) is 0 Å². The van der Waals surface area contributed by atoms with Crippen LogP contribution in [0, 0.1) is 0 Å². The zero-order chi connectivity index (χ0) is 18.6. The van der Waals surface area contributed by atoms with Crippen LogP contribution in [-0.2, 0) is 14.6 Å². The summed E-state index contributed by atoms with van der Waals surface area (Å²) < 4.78 is 24.4. The van der Waals surface area contributed by atoms with Crippen molar-refractivity contribution in [3.8, 4) is 11.3 Å². The zero-order valence-corrected chi connectivity index (χ0v) is 15.9. The van der Waals surface area contributed by atoms with Gasteiger partial charge in [-0.15, -0.1) is 11.3 Å². The van der Waals surface area contributed by atoms with E-state index < -0.39 is 9.84 Å². The molecule has 26 heavy (non-hydrogen) atoms. The second-order valence-corrected chi connectivity index (χ2v) is 8.88. The van der Waals surface area contributed by atoms with Crippen LogP contribution in [0.4, 0.5) is 5.13 Å². The van der Waals surface area contributed by atoms with Crippen molar-refractivity contribution in [3.63, 3.8) is 0 Å². The van der Waals surface area contributed by atoms with Crippen molar-refractivity contribution in [2.45, 2.75) is 11.3 Å². The molecule has 0 saturated carbocycles. The number of carbonyl (C=O) groups excluding carboxylic acids is 1. The third kappa shape index (κ3) is 4.69. The summed E-state index contributed by atoms with van der Waals surface area (Å²) in [6.07, 6.45) is -0.132. The molecule has 0 atom stereocenters. The number of hydrogen-bond acceptors (Lipinski definition) is 5. The number of hydrogen-bond donors (Lipinski definition) is 1. The van der Waals surface area contributed by atoms with Gasteiger partial charge in [-0.1, -0.05) is 41.9 Å². The first-order valence-electron chi connectivity index (χ1n) is 7.73. The van der Waals surface area contributed by atoms with Crippen LogP contribution in [0.1, 0.15) is 6.42 Å². The van der Waals surface area contributed by atoms with Crippen molar-refractivity contribution in [3.05, 3.63) is 65.0 Å². The van der Waals surface area contributed by atoms with Crippen LogP contribution < -0.4 is 5.32 Å². The number of nitrogens with zero attached hydrogens (tertiary/aromatic N) is 1. The zero-order valence-electron chi connectivity index (χ0n) is 13.6. The van der Waals surface area contributed by atoms with Gasteiger partial charge < -0.3 is 5.32 Å². The van der Waals surface area contributed by atoms with Gasteiger partial charge in [-0.25, -0.2) is 13.4 Å². The summed E-state index contributed by atoms with van der Waals surface area (Å²) in [6.45, 7) is 0. The van der Waals surface area contributed by atoms with E-state index in [4.69, 9.17) is 11.6 Å². The van der Waals surface area contributed by atoms with Gasteiger partial charge in [0.2, 0.25) is 5.91 Å². The number of anilines is 1. The Morgan fingerprint density at radius 2 is 1.77 bits per heavy atom. The highest BCUT2D eigenvalue weighted by Crippen LogP contribution is 2.26. The van der Waals surface area contributed by atoms with Gasteiger partial charge >= 0.3 is 0 Å². The molecule has 3 rings (SSSR count). The summed E-state index contributed by atoms with van der Waals surface area (Å²) in [7, 11) is -3.48. The number of aromatic nitrogens is 1. The topological polar surface area (TPSA) is 76.1 Å². The summed E-state index contributed by atoms with van der Waals surface area (Å²) in [6, 6.07) is 15.3. The van der Waals surface area contributed by atoms with Crippen LogP contribution >= 0.6 is 22.9 Å². The summed E-state index contributed by atoms with van der Waals surface area (Å²) >= 11 is 7.15. The Balaban J connectivity index is 1.60. The predicted octanol–water partition coefficient (Wildman–Crippen LogP) is 4.27. The first-order valence-corrected chi connectivity index (χ1v) is 10.6. The molecule has 0 aliphatic carbocycles. The standard InChI is InChI=1S/C18H15ClN2O3S2/c19-14-8-6-13(7-9-14)16-12-25-18(20-16)21-17(22)10-11-26(23,24)15-4-2-1-3-5-15/h1-9,12H,10-11H2,(H,20,21,22). The SMILES string of the molecule is O=C(CCS(=O)(=O)c1ccccc1)Nc1nc(-c2ccc(Cl)cc2)cs1. The van der Waals surface area contributed by atoms with Crippen LogP contribution in [0.2, 0.25) is 5.02 Å². The lowest BCUT2D eigenvalue weighted by Crippen LogP contribution is -2.17. The summed E-state index contributed by atoms with van der Waals surface area (Å²) in [4.78, 5) is 16.6. The third-order valence-corrected chi connectivity index (χ3v) is 6.33. The number of nitrogens with one attached hydrogen (secondary N) is 1. The van der Waals surface area contributed by atoms with E-state index in [0.29, 0.717) is 10.2 Å². The molecule has 0 bridgehead atoms. The van der Waals surface area contributed by atoms with Gasteiger partial charge in [0, 0.05) is 22.4 Å². The molecule has 1 amide bonds. The largest absolute Gasteiger partial charge is 0.302 e. The van der Waals surface area contributed by atoms with E-state index in [9.17, 15) is 13.2 Å². The lowest BCUT2D eigenvalue weighted by atomic mass is 10.2. The van der Waals surface area contributed by atoms with E-state index >= 15 is 0 Å². The van der Waals surface area contributed by atoms with Crippen LogP contribution in [0.25, 0.3) is 11.3 Å². The summed E-state index contributed by atoms with van der Waals surface area (Å²) in [5, 5.41) is 5.53. The van der Waals surface area contributed by atoms with Gasteiger partial charge in [0.1, 0.15) is 0 Å². The first-order chi connectivity index (χ1) is 12.4. The van der Waals surface area contributed by atoms with E-state index in [2.05, 4.69) is 10.3 Å². The van der Waals surface area contributed by atoms with E-state index in [0.717, 1.165) is 11.3 Å². The molecule has 8 heteroatoms. The maximum Gasteiger partial charge on any atom is 0.227 e. The molecule has 0 aliphatic rings. The number of benzene rings is 2. The van der Waals surface area contributed by atoms with E-state index in [1.165, 1.54) is 23.5 Å². The van der Waals surface area contributed by atoms with Crippen LogP contribution in [0.15, 0.2) is 64.9 Å². The van der Waals surface area contributed by atoms with Crippen molar-refractivity contribution in [2.75, 3.05) is 11.1 Å². The fourth-order valence-corrected chi connectivity index (χ4v) is 4.36. The second-order valence-electron chi connectivity index (χ2n) is 5.47. The molecule has 2 aromatic carbocycles. The highest BCUT2D eigenvalue weighted by atomic mass is 35.5. The van der Waals surface area contributed by atoms with Gasteiger partial charge in [0.05, 0.1) is 16.3 Å². The van der Waals surface area contributed by atoms with Crippen molar-refractivity contribution in [1.82, 2.24) is 4.98 Å². The van der Waals surface area contributed by atoms with Crippen LogP contribution in [-0.4, -0.2) is 25.1 Å². The number of sulfone groups is 1. The Kier molecular flexibility index (Phi) is 5.70. The minimum Gasteiger partial charge on any atom is -0.302 e.